The Morgan fingerprint density at radius 3 is 2.57 bits per heavy atom. The Morgan fingerprint density at radius 1 is 1.38 bits per heavy atom. The minimum atomic E-state index is -0.938. The van der Waals surface area contributed by atoms with Crippen LogP contribution in [0, 0.1) is 11.8 Å². The lowest BCUT2D eigenvalue weighted by Gasteiger charge is -2.33. The van der Waals surface area contributed by atoms with Crippen LogP contribution in [0.4, 0.5) is 0 Å². The molecular weight excluding hydrogens is 266 g/mol. The van der Waals surface area contributed by atoms with Gasteiger partial charge in [0.05, 0.1) is 7.11 Å². The number of aromatic carboxylic acids is 1. The fourth-order valence-electron chi connectivity index (χ4n) is 3.06. The van der Waals surface area contributed by atoms with Gasteiger partial charge in [-0.3, -0.25) is 4.90 Å². The average molecular weight is 291 g/mol. The second-order valence-corrected chi connectivity index (χ2v) is 6.20. The monoisotopic (exact) mass is 291 g/mol. The second kappa shape index (κ2) is 6.94. The largest absolute Gasteiger partial charge is 0.496 e. The Kier molecular flexibility index (Phi) is 5.23. The van der Waals surface area contributed by atoms with Crippen LogP contribution in [0.2, 0.25) is 0 Å². The number of piperidine rings is 1. The van der Waals surface area contributed by atoms with Crippen LogP contribution < -0.4 is 4.74 Å². The van der Waals surface area contributed by atoms with E-state index < -0.39 is 5.97 Å². The summed E-state index contributed by atoms with van der Waals surface area (Å²) in [6.45, 7) is 7.59. The van der Waals surface area contributed by atoms with E-state index in [9.17, 15) is 9.90 Å². The lowest BCUT2D eigenvalue weighted by Crippen LogP contribution is -2.34. The summed E-state index contributed by atoms with van der Waals surface area (Å²) >= 11 is 0. The summed E-state index contributed by atoms with van der Waals surface area (Å²) in [5.74, 6) is 1.07. The number of benzene rings is 1. The first-order valence-electron chi connectivity index (χ1n) is 7.63. The van der Waals surface area contributed by atoms with Crippen LogP contribution in [0.25, 0.3) is 0 Å². The molecule has 4 nitrogen and oxygen atoms in total. The van der Waals surface area contributed by atoms with Gasteiger partial charge in [0.25, 0.3) is 0 Å². The van der Waals surface area contributed by atoms with Crippen LogP contribution in [0.3, 0.4) is 0 Å². The fourth-order valence-corrected chi connectivity index (χ4v) is 3.06. The van der Waals surface area contributed by atoms with E-state index in [-0.39, 0.29) is 5.56 Å². The third kappa shape index (κ3) is 3.97. The van der Waals surface area contributed by atoms with Crippen molar-refractivity contribution in [2.45, 2.75) is 33.2 Å². The summed E-state index contributed by atoms with van der Waals surface area (Å²) in [4.78, 5) is 13.7. The van der Waals surface area contributed by atoms with E-state index in [4.69, 9.17) is 4.74 Å². The molecule has 1 aromatic rings. The zero-order valence-corrected chi connectivity index (χ0v) is 13.1. The number of ether oxygens (including phenoxy) is 1. The molecule has 0 aliphatic carbocycles. The van der Waals surface area contributed by atoms with Gasteiger partial charge in [0.2, 0.25) is 0 Å². The number of methoxy groups -OCH3 is 1. The summed E-state index contributed by atoms with van der Waals surface area (Å²) < 4.78 is 5.10. The molecule has 0 saturated carbocycles. The molecule has 1 aliphatic rings. The summed E-state index contributed by atoms with van der Waals surface area (Å²) in [5, 5.41) is 9.23. The summed E-state index contributed by atoms with van der Waals surface area (Å²) in [6, 6.07) is 5.44. The maximum absolute atomic E-state index is 11.2. The van der Waals surface area contributed by atoms with Crippen molar-refractivity contribution in [2.75, 3.05) is 20.2 Å². The van der Waals surface area contributed by atoms with Gasteiger partial charge in [0, 0.05) is 6.54 Å². The van der Waals surface area contributed by atoms with E-state index in [0.717, 1.165) is 37.0 Å². The summed E-state index contributed by atoms with van der Waals surface area (Å²) in [7, 11) is 1.50. The Balaban J connectivity index is 2.01. The van der Waals surface area contributed by atoms with Crippen molar-refractivity contribution in [1.29, 1.82) is 0 Å². The molecule has 2 rings (SSSR count). The highest BCUT2D eigenvalue weighted by molar-refractivity contribution is 5.91. The molecule has 1 N–H and O–H groups in total. The molecule has 21 heavy (non-hydrogen) atoms. The number of carboxylic acid groups (broad SMARTS) is 1. The van der Waals surface area contributed by atoms with Crippen LogP contribution in [0.1, 0.15) is 42.6 Å². The van der Waals surface area contributed by atoms with Gasteiger partial charge in [-0.05, 0) is 55.5 Å². The predicted octanol–water partition coefficient (Wildman–Crippen LogP) is 3.26. The van der Waals surface area contributed by atoms with Crippen molar-refractivity contribution in [2.24, 2.45) is 11.8 Å². The number of carboxylic acids is 1. The number of rotatable bonds is 5. The van der Waals surface area contributed by atoms with E-state index in [1.165, 1.54) is 20.0 Å². The highest BCUT2D eigenvalue weighted by Crippen LogP contribution is 2.26. The average Bonchev–Trinajstić information content (AvgIpc) is 2.47. The highest BCUT2D eigenvalue weighted by Gasteiger charge is 2.22. The highest BCUT2D eigenvalue weighted by atomic mass is 16.5. The van der Waals surface area contributed by atoms with Gasteiger partial charge in [0.15, 0.2) is 0 Å². The third-order valence-electron chi connectivity index (χ3n) is 4.48. The molecule has 1 heterocycles. The number of likely N-dealkylation sites (tertiary alicyclic amines) is 1. The first-order valence-corrected chi connectivity index (χ1v) is 7.63. The van der Waals surface area contributed by atoms with Gasteiger partial charge >= 0.3 is 5.97 Å². The number of hydrogen-bond donors (Lipinski definition) is 1. The normalized spacial score (nSPS) is 17.1. The molecule has 0 amide bonds. The van der Waals surface area contributed by atoms with Crippen LogP contribution >= 0.6 is 0 Å². The molecule has 1 fully saturated rings. The molecule has 116 valence electrons. The van der Waals surface area contributed by atoms with Gasteiger partial charge in [0.1, 0.15) is 11.3 Å². The topological polar surface area (TPSA) is 49.8 Å². The number of nitrogens with zero attached hydrogens (tertiary/aromatic N) is 1. The van der Waals surface area contributed by atoms with Crippen LogP contribution in [0.5, 0.6) is 5.75 Å². The van der Waals surface area contributed by atoms with E-state index in [1.54, 1.807) is 12.1 Å². The lowest BCUT2D eigenvalue weighted by molar-refractivity contribution is 0.0693. The summed E-state index contributed by atoms with van der Waals surface area (Å²) in [6.07, 6.45) is 2.47. The van der Waals surface area contributed by atoms with E-state index >= 15 is 0 Å². The molecule has 0 bridgehead atoms. The van der Waals surface area contributed by atoms with Gasteiger partial charge in [-0.25, -0.2) is 4.79 Å². The van der Waals surface area contributed by atoms with Crippen molar-refractivity contribution in [3.63, 3.8) is 0 Å². The Hall–Kier alpha value is -1.55. The van der Waals surface area contributed by atoms with Crippen molar-refractivity contribution in [3.05, 3.63) is 29.3 Å². The van der Waals surface area contributed by atoms with Crippen molar-refractivity contribution >= 4 is 5.97 Å². The Morgan fingerprint density at radius 2 is 2.05 bits per heavy atom. The van der Waals surface area contributed by atoms with Gasteiger partial charge in [-0.2, -0.15) is 0 Å². The molecule has 4 heteroatoms. The maximum atomic E-state index is 11.2. The quantitative estimate of drug-likeness (QED) is 0.904. The zero-order chi connectivity index (χ0) is 15.4. The molecule has 0 radical (unpaired) electrons. The Labute approximate surface area is 126 Å². The van der Waals surface area contributed by atoms with E-state index in [2.05, 4.69) is 18.7 Å². The molecule has 0 unspecified atom stereocenters. The van der Waals surface area contributed by atoms with E-state index in [1.807, 2.05) is 6.07 Å². The maximum Gasteiger partial charge on any atom is 0.339 e. The molecule has 0 aromatic heterocycles. The molecule has 1 saturated heterocycles. The molecular formula is C17H25NO3. The SMILES string of the molecule is COc1ccc(CN2CCC(C(C)C)CC2)cc1C(=O)O. The lowest BCUT2D eigenvalue weighted by atomic mass is 9.86. The van der Waals surface area contributed by atoms with Crippen LogP contribution in [-0.2, 0) is 6.54 Å². The first kappa shape index (κ1) is 15.8. The smallest absolute Gasteiger partial charge is 0.339 e. The standard InChI is InChI=1S/C17H25NO3/c1-12(2)14-6-8-18(9-7-14)11-13-4-5-16(21-3)15(10-13)17(19)20/h4-5,10,12,14H,6-9,11H2,1-3H3,(H,19,20). The Bertz CT molecular complexity index is 491. The van der Waals surface area contributed by atoms with Crippen molar-refractivity contribution in [3.8, 4) is 5.75 Å². The minimum Gasteiger partial charge on any atom is -0.496 e. The second-order valence-electron chi connectivity index (χ2n) is 6.20. The summed E-state index contributed by atoms with van der Waals surface area (Å²) in [5.41, 5.74) is 1.28. The minimum absolute atomic E-state index is 0.243. The van der Waals surface area contributed by atoms with Gasteiger partial charge in [-0.1, -0.05) is 19.9 Å². The number of carbonyl (C=O) groups is 1. The van der Waals surface area contributed by atoms with Crippen LogP contribution in [0.15, 0.2) is 18.2 Å². The third-order valence-corrected chi connectivity index (χ3v) is 4.48. The number of hydrogen-bond acceptors (Lipinski definition) is 3. The zero-order valence-electron chi connectivity index (χ0n) is 13.1. The predicted molar refractivity (Wildman–Crippen MR) is 82.8 cm³/mol. The molecule has 1 aromatic carbocycles. The fraction of sp³-hybridized carbons (Fsp3) is 0.588. The van der Waals surface area contributed by atoms with Crippen molar-refractivity contribution < 1.29 is 14.6 Å². The molecule has 0 atom stereocenters. The van der Waals surface area contributed by atoms with Gasteiger partial charge in [-0.15, -0.1) is 0 Å². The van der Waals surface area contributed by atoms with Crippen molar-refractivity contribution in [1.82, 2.24) is 4.90 Å². The first-order chi connectivity index (χ1) is 10.0. The molecule has 1 aliphatic heterocycles. The molecule has 0 spiro atoms. The van der Waals surface area contributed by atoms with Gasteiger partial charge < -0.3 is 9.84 Å². The van der Waals surface area contributed by atoms with E-state index in [0.29, 0.717) is 5.75 Å². The van der Waals surface area contributed by atoms with Crippen LogP contribution in [-0.4, -0.2) is 36.2 Å².